The molecule has 1 aromatic rings. The summed E-state index contributed by atoms with van der Waals surface area (Å²) >= 11 is 0. The Morgan fingerprint density at radius 2 is 2.00 bits per heavy atom. The van der Waals surface area contributed by atoms with Crippen LogP contribution in [-0.2, 0) is 11.3 Å². The van der Waals surface area contributed by atoms with Crippen molar-refractivity contribution in [3.63, 3.8) is 0 Å². The maximum atomic E-state index is 10.9. The number of carboxylic acids is 1. The minimum absolute atomic E-state index is 0.180. The third-order valence-corrected chi connectivity index (χ3v) is 3.31. The van der Waals surface area contributed by atoms with Crippen LogP contribution in [0.4, 0.5) is 0 Å². The summed E-state index contributed by atoms with van der Waals surface area (Å²) in [4.78, 5) is 13.1. The van der Waals surface area contributed by atoms with Crippen LogP contribution in [0.3, 0.4) is 0 Å². The Morgan fingerprint density at radius 1 is 1.35 bits per heavy atom. The second kappa shape index (κ2) is 4.88. The maximum absolute atomic E-state index is 10.9. The lowest BCUT2D eigenvalue weighted by Crippen LogP contribution is -2.22. The van der Waals surface area contributed by atoms with Crippen LogP contribution in [0.25, 0.3) is 0 Å². The van der Waals surface area contributed by atoms with E-state index in [1.807, 2.05) is 0 Å². The Bertz CT molecular complexity index is 408. The first-order chi connectivity index (χ1) is 8.04. The predicted molar refractivity (Wildman–Crippen MR) is 66.9 cm³/mol. The van der Waals surface area contributed by atoms with Gasteiger partial charge in [-0.1, -0.05) is 29.3 Å². The molecular formula is C14H19NO2. The van der Waals surface area contributed by atoms with Gasteiger partial charge in [0, 0.05) is 13.1 Å². The molecule has 1 atom stereocenters. The second-order valence-corrected chi connectivity index (χ2v) is 5.05. The van der Waals surface area contributed by atoms with Gasteiger partial charge in [0.25, 0.3) is 0 Å². The van der Waals surface area contributed by atoms with Gasteiger partial charge in [0.1, 0.15) is 0 Å². The van der Waals surface area contributed by atoms with E-state index < -0.39 is 5.97 Å². The highest BCUT2D eigenvalue weighted by molar-refractivity contribution is 5.70. The standard InChI is InChI=1S/C14H19NO2/c1-10-5-11(2)7-12(6-10)8-15-4-3-13(9-15)14(16)17/h5-7,13H,3-4,8-9H2,1-2H3,(H,16,17)/t13-/m1/s1. The highest BCUT2D eigenvalue weighted by atomic mass is 16.4. The Hall–Kier alpha value is -1.35. The molecule has 3 heteroatoms. The van der Waals surface area contributed by atoms with Gasteiger partial charge >= 0.3 is 5.97 Å². The van der Waals surface area contributed by atoms with E-state index in [9.17, 15) is 4.79 Å². The molecule has 0 bridgehead atoms. The largest absolute Gasteiger partial charge is 0.481 e. The molecule has 0 aromatic heterocycles. The molecule has 0 saturated carbocycles. The third kappa shape index (κ3) is 3.07. The fraction of sp³-hybridized carbons (Fsp3) is 0.500. The lowest BCUT2D eigenvalue weighted by atomic mass is 10.1. The zero-order valence-corrected chi connectivity index (χ0v) is 10.4. The number of benzene rings is 1. The molecule has 0 unspecified atom stereocenters. The summed E-state index contributed by atoms with van der Waals surface area (Å²) in [5, 5.41) is 8.96. The molecule has 3 nitrogen and oxygen atoms in total. The molecule has 2 rings (SSSR count). The fourth-order valence-electron chi connectivity index (χ4n) is 2.60. The minimum Gasteiger partial charge on any atom is -0.481 e. The van der Waals surface area contributed by atoms with Crippen molar-refractivity contribution in [2.75, 3.05) is 13.1 Å². The molecular weight excluding hydrogens is 214 g/mol. The summed E-state index contributed by atoms with van der Waals surface area (Å²) < 4.78 is 0. The van der Waals surface area contributed by atoms with E-state index in [0.29, 0.717) is 6.54 Å². The van der Waals surface area contributed by atoms with E-state index in [4.69, 9.17) is 5.11 Å². The third-order valence-electron chi connectivity index (χ3n) is 3.31. The van der Waals surface area contributed by atoms with Gasteiger partial charge in [-0.25, -0.2) is 0 Å². The maximum Gasteiger partial charge on any atom is 0.307 e. The summed E-state index contributed by atoms with van der Waals surface area (Å²) in [5.74, 6) is -0.839. The molecule has 1 N–H and O–H groups in total. The van der Waals surface area contributed by atoms with Crippen molar-refractivity contribution in [1.29, 1.82) is 0 Å². The minimum atomic E-state index is -0.659. The van der Waals surface area contributed by atoms with Crippen LogP contribution in [0.1, 0.15) is 23.1 Å². The summed E-state index contributed by atoms with van der Waals surface area (Å²) in [7, 11) is 0. The van der Waals surface area contributed by atoms with Crippen LogP contribution in [0.2, 0.25) is 0 Å². The Kier molecular flexibility index (Phi) is 3.48. The van der Waals surface area contributed by atoms with Crippen LogP contribution in [0.15, 0.2) is 18.2 Å². The first kappa shape index (κ1) is 12.1. The van der Waals surface area contributed by atoms with Crippen LogP contribution in [-0.4, -0.2) is 29.1 Å². The van der Waals surface area contributed by atoms with E-state index in [0.717, 1.165) is 19.5 Å². The number of rotatable bonds is 3. The smallest absolute Gasteiger partial charge is 0.307 e. The molecule has 1 heterocycles. The van der Waals surface area contributed by atoms with Crippen LogP contribution >= 0.6 is 0 Å². The van der Waals surface area contributed by atoms with Crippen molar-refractivity contribution in [2.45, 2.75) is 26.8 Å². The molecule has 0 radical (unpaired) electrons. The molecule has 0 amide bonds. The molecule has 0 aliphatic carbocycles. The molecule has 1 aliphatic rings. The SMILES string of the molecule is Cc1cc(C)cc(CN2CC[C@@H](C(=O)O)C2)c1. The van der Waals surface area contributed by atoms with E-state index in [2.05, 4.69) is 36.9 Å². The number of aliphatic carboxylic acids is 1. The molecule has 17 heavy (non-hydrogen) atoms. The van der Waals surface area contributed by atoms with Gasteiger partial charge in [-0.05, 0) is 32.4 Å². The summed E-state index contributed by atoms with van der Waals surface area (Å²) in [6.07, 6.45) is 0.778. The van der Waals surface area contributed by atoms with Gasteiger partial charge in [0.15, 0.2) is 0 Å². The lowest BCUT2D eigenvalue weighted by molar-refractivity contribution is -0.141. The second-order valence-electron chi connectivity index (χ2n) is 5.05. The molecule has 1 saturated heterocycles. The first-order valence-electron chi connectivity index (χ1n) is 6.07. The number of hydrogen-bond acceptors (Lipinski definition) is 2. The van der Waals surface area contributed by atoms with Gasteiger partial charge in [0.2, 0.25) is 0 Å². The Morgan fingerprint density at radius 3 is 2.53 bits per heavy atom. The highest BCUT2D eigenvalue weighted by Crippen LogP contribution is 2.19. The van der Waals surface area contributed by atoms with Crippen LogP contribution in [0, 0.1) is 19.8 Å². The molecule has 1 aliphatic heterocycles. The molecule has 1 fully saturated rings. The highest BCUT2D eigenvalue weighted by Gasteiger charge is 2.27. The Balaban J connectivity index is 2.00. The quantitative estimate of drug-likeness (QED) is 0.870. The lowest BCUT2D eigenvalue weighted by Gasteiger charge is -2.16. The van der Waals surface area contributed by atoms with E-state index in [-0.39, 0.29) is 5.92 Å². The number of nitrogens with zero attached hydrogens (tertiary/aromatic N) is 1. The van der Waals surface area contributed by atoms with Gasteiger partial charge in [0.05, 0.1) is 5.92 Å². The van der Waals surface area contributed by atoms with Crippen molar-refractivity contribution in [3.8, 4) is 0 Å². The molecule has 92 valence electrons. The summed E-state index contributed by atoms with van der Waals surface area (Å²) in [5.41, 5.74) is 3.83. The van der Waals surface area contributed by atoms with Crippen molar-refractivity contribution in [3.05, 3.63) is 34.9 Å². The average Bonchev–Trinajstić information content (AvgIpc) is 2.64. The predicted octanol–water partition coefficient (Wildman–Crippen LogP) is 2.21. The average molecular weight is 233 g/mol. The topological polar surface area (TPSA) is 40.5 Å². The number of likely N-dealkylation sites (tertiary alicyclic amines) is 1. The van der Waals surface area contributed by atoms with Gasteiger partial charge in [-0.3, -0.25) is 9.69 Å². The summed E-state index contributed by atoms with van der Waals surface area (Å²) in [6.45, 7) is 6.64. The summed E-state index contributed by atoms with van der Waals surface area (Å²) in [6, 6.07) is 6.52. The molecule has 1 aromatic carbocycles. The van der Waals surface area contributed by atoms with E-state index in [1.54, 1.807) is 0 Å². The van der Waals surface area contributed by atoms with Crippen molar-refractivity contribution >= 4 is 5.97 Å². The zero-order valence-electron chi connectivity index (χ0n) is 10.4. The van der Waals surface area contributed by atoms with Gasteiger partial charge in [-0.2, -0.15) is 0 Å². The van der Waals surface area contributed by atoms with E-state index in [1.165, 1.54) is 16.7 Å². The number of aryl methyl sites for hydroxylation is 2. The normalized spacial score (nSPS) is 20.7. The number of hydrogen-bond donors (Lipinski definition) is 1. The number of carbonyl (C=O) groups is 1. The number of carboxylic acid groups (broad SMARTS) is 1. The molecule has 0 spiro atoms. The van der Waals surface area contributed by atoms with E-state index >= 15 is 0 Å². The first-order valence-corrected chi connectivity index (χ1v) is 6.07. The van der Waals surface area contributed by atoms with Crippen molar-refractivity contribution in [2.24, 2.45) is 5.92 Å². The van der Waals surface area contributed by atoms with Crippen molar-refractivity contribution < 1.29 is 9.90 Å². The van der Waals surface area contributed by atoms with Crippen LogP contribution < -0.4 is 0 Å². The van der Waals surface area contributed by atoms with Crippen molar-refractivity contribution in [1.82, 2.24) is 4.90 Å². The van der Waals surface area contributed by atoms with Crippen LogP contribution in [0.5, 0.6) is 0 Å². The van der Waals surface area contributed by atoms with Gasteiger partial charge < -0.3 is 5.11 Å². The Labute approximate surface area is 102 Å². The monoisotopic (exact) mass is 233 g/mol. The zero-order chi connectivity index (χ0) is 12.4. The fourth-order valence-corrected chi connectivity index (χ4v) is 2.60. The van der Waals surface area contributed by atoms with Gasteiger partial charge in [-0.15, -0.1) is 0 Å².